The molecule has 1 saturated heterocycles. The first-order valence-corrected chi connectivity index (χ1v) is 6.32. The van der Waals surface area contributed by atoms with E-state index in [1.165, 1.54) is 12.1 Å². The molecule has 1 N–H and O–H groups in total. The molecule has 20 heavy (non-hydrogen) atoms. The Hall–Kier alpha value is -2.15. The number of piperidine rings is 1. The highest BCUT2D eigenvalue weighted by Gasteiger charge is 2.26. The standard InChI is InChI=1S/C13H16N2O5/c1-20-10-3-2-6-14(8-10)11-5-4-9(13(16)17)7-12(11)15(18)19/h4-5,7,10H,2-3,6,8H2,1H3,(H,16,17). The Morgan fingerprint density at radius 2 is 2.30 bits per heavy atom. The van der Waals surface area contributed by atoms with Gasteiger partial charge in [-0.1, -0.05) is 0 Å². The first-order valence-electron chi connectivity index (χ1n) is 6.32. The van der Waals surface area contributed by atoms with Crippen LogP contribution < -0.4 is 4.90 Å². The van der Waals surface area contributed by atoms with Crippen LogP contribution in [0.2, 0.25) is 0 Å². The summed E-state index contributed by atoms with van der Waals surface area (Å²) in [5.41, 5.74) is 0.184. The fourth-order valence-corrected chi connectivity index (χ4v) is 2.42. The molecular formula is C13H16N2O5. The number of rotatable bonds is 4. The van der Waals surface area contributed by atoms with Crippen molar-refractivity contribution in [3.05, 3.63) is 33.9 Å². The van der Waals surface area contributed by atoms with Crippen molar-refractivity contribution >= 4 is 17.3 Å². The van der Waals surface area contributed by atoms with Crippen molar-refractivity contribution in [2.75, 3.05) is 25.1 Å². The van der Waals surface area contributed by atoms with Gasteiger partial charge in [-0.05, 0) is 25.0 Å². The van der Waals surface area contributed by atoms with Crippen molar-refractivity contribution in [2.24, 2.45) is 0 Å². The predicted molar refractivity (Wildman–Crippen MR) is 72.3 cm³/mol. The minimum atomic E-state index is -1.17. The van der Waals surface area contributed by atoms with Crippen LogP contribution in [0.4, 0.5) is 11.4 Å². The largest absolute Gasteiger partial charge is 0.478 e. The number of nitro groups is 1. The Labute approximate surface area is 115 Å². The number of hydrogen-bond acceptors (Lipinski definition) is 5. The summed E-state index contributed by atoms with van der Waals surface area (Å²) in [7, 11) is 1.62. The monoisotopic (exact) mass is 280 g/mol. The predicted octanol–water partition coefficient (Wildman–Crippen LogP) is 1.91. The van der Waals surface area contributed by atoms with E-state index in [9.17, 15) is 14.9 Å². The van der Waals surface area contributed by atoms with Gasteiger partial charge in [0.15, 0.2) is 0 Å². The van der Waals surface area contributed by atoms with Crippen molar-refractivity contribution in [2.45, 2.75) is 18.9 Å². The zero-order valence-corrected chi connectivity index (χ0v) is 11.1. The summed E-state index contributed by atoms with van der Waals surface area (Å²) in [6.07, 6.45) is 1.85. The minimum Gasteiger partial charge on any atom is -0.478 e. The second-order valence-corrected chi connectivity index (χ2v) is 4.71. The van der Waals surface area contributed by atoms with Crippen LogP contribution in [0, 0.1) is 10.1 Å². The molecule has 1 unspecified atom stereocenters. The van der Waals surface area contributed by atoms with Crippen LogP contribution in [-0.2, 0) is 4.74 Å². The number of carbonyl (C=O) groups is 1. The molecule has 1 atom stereocenters. The molecule has 7 heteroatoms. The zero-order chi connectivity index (χ0) is 14.7. The van der Waals surface area contributed by atoms with Crippen LogP contribution in [-0.4, -0.2) is 42.3 Å². The van der Waals surface area contributed by atoms with Crippen LogP contribution in [0.3, 0.4) is 0 Å². The minimum absolute atomic E-state index is 0.0440. The highest BCUT2D eigenvalue weighted by atomic mass is 16.6. The number of aromatic carboxylic acids is 1. The van der Waals surface area contributed by atoms with E-state index in [1.807, 2.05) is 4.90 Å². The lowest BCUT2D eigenvalue weighted by Crippen LogP contribution is -2.39. The van der Waals surface area contributed by atoms with Gasteiger partial charge in [-0.25, -0.2) is 4.79 Å². The number of nitro benzene ring substituents is 1. The molecule has 108 valence electrons. The van der Waals surface area contributed by atoms with Crippen molar-refractivity contribution < 1.29 is 19.6 Å². The molecule has 1 aliphatic rings. The highest BCUT2D eigenvalue weighted by molar-refractivity contribution is 5.89. The molecule has 1 aromatic carbocycles. The molecule has 0 radical (unpaired) electrons. The van der Waals surface area contributed by atoms with Gasteiger partial charge in [-0.15, -0.1) is 0 Å². The summed E-state index contributed by atoms with van der Waals surface area (Å²) < 4.78 is 5.30. The van der Waals surface area contributed by atoms with Crippen LogP contribution in [0.1, 0.15) is 23.2 Å². The third-order valence-corrected chi connectivity index (χ3v) is 3.47. The SMILES string of the molecule is COC1CCCN(c2ccc(C(=O)O)cc2[N+](=O)[O-])C1. The van der Waals surface area contributed by atoms with Gasteiger partial charge in [-0.3, -0.25) is 10.1 Å². The van der Waals surface area contributed by atoms with E-state index in [-0.39, 0.29) is 17.4 Å². The third-order valence-electron chi connectivity index (χ3n) is 3.47. The summed E-state index contributed by atoms with van der Waals surface area (Å²) in [6.45, 7) is 1.27. The van der Waals surface area contributed by atoms with Gasteiger partial charge in [-0.2, -0.15) is 0 Å². The molecule has 1 heterocycles. The molecule has 1 aromatic rings. The Bertz CT molecular complexity index is 531. The van der Waals surface area contributed by atoms with Crippen LogP contribution in [0.25, 0.3) is 0 Å². The summed E-state index contributed by atoms with van der Waals surface area (Å²) >= 11 is 0. The van der Waals surface area contributed by atoms with Gasteiger partial charge in [0, 0.05) is 26.3 Å². The van der Waals surface area contributed by atoms with Gasteiger partial charge in [0.2, 0.25) is 0 Å². The van der Waals surface area contributed by atoms with Crippen LogP contribution in [0.15, 0.2) is 18.2 Å². The number of carboxylic acid groups (broad SMARTS) is 1. The number of carboxylic acids is 1. The zero-order valence-electron chi connectivity index (χ0n) is 11.1. The highest BCUT2D eigenvalue weighted by Crippen LogP contribution is 2.31. The summed E-state index contributed by atoms with van der Waals surface area (Å²) in [5.74, 6) is -1.17. The average Bonchev–Trinajstić information content (AvgIpc) is 2.46. The maximum Gasteiger partial charge on any atom is 0.335 e. The smallest absolute Gasteiger partial charge is 0.335 e. The first-order chi connectivity index (χ1) is 9.52. The summed E-state index contributed by atoms with van der Waals surface area (Å²) in [6, 6.07) is 3.99. The van der Waals surface area contributed by atoms with E-state index in [4.69, 9.17) is 9.84 Å². The van der Waals surface area contributed by atoms with Gasteiger partial charge in [0.1, 0.15) is 5.69 Å². The van der Waals surface area contributed by atoms with E-state index >= 15 is 0 Å². The summed E-state index contributed by atoms with van der Waals surface area (Å²) in [4.78, 5) is 23.4. The molecule has 1 aliphatic heterocycles. The van der Waals surface area contributed by atoms with Crippen molar-refractivity contribution in [1.82, 2.24) is 0 Å². The van der Waals surface area contributed by atoms with Crippen molar-refractivity contribution in [3.8, 4) is 0 Å². The van der Waals surface area contributed by atoms with Gasteiger partial charge in [0.05, 0.1) is 16.6 Å². The van der Waals surface area contributed by atoms with E-state index in [0.717, 1.165) is 18.9 Å². The van der Waals surface area contributed by atoms with E-state index in [0.29, 0.717) is 18.8 Å². The quantitative estimate of drug-likeness (QED) is 0.669. The first kappa shape index (κ1) is 14.3. The maximum atomic E-state index is 11.1. The van der Waals surface area contributed by atoms with E-state index < -0.39 is 10.9 Å². The lowest BCUT2D eigenvalue weighted by Gasteiger charge is -2.33. The number of hydrogen-bond donors (Lipinski definition) is 1. The summed E-state index contributed by atoms with van der Waals surface area (Å²) in [5, 5.41) is 20.1. The van der Waals surface area contributed by atoms with Gasteiger partial charge >= 0.3 is 5.97 Å². The van der Waals surface area contributed by atoms with Crippen molar-refractivity contribution in [3.63, 3.8) is 0 Å². The van der Waals surface area contributed by atoms with Gasteiger partial charge < -0.3 is 14.7 Å². The molecule has 2 rings (SSSR count). The molecule has 0 bridgehead atoms. The lowest BCUT2D eigenvalue weighted by molar-refractivity contribution is -0.384. The fraction of sp³-hybridized carbons (Fsp3) is 0.462. The Morgan fingerprint density at radius 1 is 1.55 bits per heavy atom. The van der Waals surface area contributed by atoms with Gasteiger partial charge in [0.25, 0.3) is 5.69 Å². The van der Waals surface area contributed by atoms with E-state index in [1.54, 1.807) is 7.11 Å². The second kappa shape index (κ2) is 5.87. The number of benzene rings is 1. The molecule has 0 aromatic heterocycles. The molecule has 0 amide bonds. The Kier molecular flexibility index (Phi) is 4.19. The Morgan fingerprint density at radius 3 is 2.90 bits per heavy atom. The number of methoxy groups -OCH3 is 1. The molecule has 0 spiro atoms. The second-order valence-electron chi connectivity index (χ2n) is 4.71. The van der Waals surface area contributed by atoms with E-state index in [2.05, 4.69) is 0 Å². The number of anilines is 1. The van der Waals surface area contributed by atoms with Crippen LogP contribution >= 0.6 is 0 Å². The normalized spacial score (nSPS) is 18.9. The molecule has 1 fully saturated rings. The average molecular weight is 280 g/mol. The molecular weight excluding hydrogens is 264 g/mol. The number of ether oxygens (including phenoxy) is 1. The maximum absolute atomic E-state index is 11.1. The molecule has 7 nitrogen and oxygen atoms in total. The fourth-order valence-electron chi connectivity index (χ4n) is 2.42. The van der Waals surface area contributed by atoms with Crippen molar-refractivity contribution in [1.29, 1.82) is 0 Å². The molecule has 0 aliphatic carbocycles. The third kappa shape index (κ3) is 2.88. The lowest BCUT2D eigenvalue weighted by atomic mass is 10.1. The number of nitrogens with zero attached hydrogens (tertiary/aromatic N) is 2. The Balaban J connectivity index is 2.35. The topological polar surface area (TPSA) is 92.9 Å². The molecule has 0 saturated carbocycles. The van der Waals surface area contributed by atoms with Crippen LogP contribution in [0.5, 0.6) is 0 Å².